The van der Waals surface area contributed by atoms with Crippen molar-refractivity contribution in [3.8, 4) is 0 Å². The van der Waals surface area contributed by atoms with E-state index in [0.717, 1.165) is 19.5 Å². The lowest BCUT2D eigenvalue weighted by molar-refractivity contribution is 0.722. The topological polar surface area (TPSA) is 24.9 Å². The molecule has 0 radical (unpaired) electrons. The summed E-state index contributed by atoms with van der Waals surface area (Å²) in [4.78, 5) is 6.16. The molecule has 1 aromatic rings. The van der Waals surface area contributed by atoms with Crippen LogP contribution in [0.4, 0.5) is 0 Å². The number of aromatic nitrogens is 1. The van der Waals surface area contributed by atoms with Gasteiger partial charge in [-0.2, -0.15) is 0 Å². The first-order valence-corrected chi connectivity index (χ1v) is 6.69. The highest BCUT2D eigenvalue weighted by Crippen LogP contribution is 2.25. The normalized spacial score (nSPS) is 11.3. The molecule has 0 saturated heterocycles. The molecular formula is C12H22N2S. The average molecular weight is 226 g/mol. The number of thiazole rings is 1. The van der Waals surface area contributed by atoms with Gasteiger partial charge in [0.2, 0.25) is 0 Å². The Morgan fingerprint density at radius 1 is 1.33 bits per heavy atom. The molecule has 0 aliphatic carbocycles. The van der Waals surface area contributed by atoms with Crippen LogP contribution in [-0.2, 0) is 13.0 Å². The van der Waals surface area contributed by atoms with E-state index in [4.69, 9.17) is 4.98 Å². The molecule has 1 rings (SSSR count). The van der Waals surface area contributed by atoms with Crippen molar-refractivity contribution < 1.29 is 0 Å². The number of nitrogens with zero attached hydrogens (tertiary/aromatic N) is 1. The van der Waals surface area contributed by atoms with Crippen molar-refractivity contribution in [1.29, 1.82) is 0 Å². The number of rotatable bonds is 6. The van der Waals surface area contributed by atoms with E-state index in [9.17, 15) is 0 Å². The Kier molecular flexibility index (Phi) is 5.26. The van der Waals surface area contributed by atoms with Gasteiger partial charge in [-0.1, -0.05) is 34.1 Å². The highest BCUT2D eigenvalue weighted by atomic mass is 32.1. The first kappa shape index (κ1) is 12.7. The lowest BCUT2D eigenvalue weighted by Gasteiger charge is -2.00. The van der Waals surface area contributed by atoms with Crippen molar-refractivity contribution in [1.82, 2.24) is 10.3 Å². The van der Waals surface area contributed by atoms with Gasteiger partial charge in [0.05, 0.1) is 10.7 Å². The van der Waals surface area contributed by atoms with Crippen LogP contribution in [0.1, 0.15) is 55.6 Å². The minimum absolute atomic E-state index is 0.556. The van der Waals surface area contributed by atoms with Gasteiger partial charge in [-0.05, 0) is 13.0 Å². The largest absolute Gasteiger partial charge is 0.312 e. The molecule has 2 nitrogen and oxygen atoms in total. The second-order valence-electron chi connectivity index (χ2n) is 4.11. The zero-order valence-corrected chi connectivity index (χ0v) is 11.1. The Labute approximate surface area is 97.1 Å². The van der Waals surface area contributed by atoms with E-state index in [1.165, 1.54) is 22.0 Å². The summed E-state index contributed by atoms with van der Waals surface area (Å²) in [6.07, 6.45) is 2.30. The van der Waals surface area contributed by atoms with Crippen LogP contribution in [0.5, 0.6) is 0 Å². The standard InChI is InChI=1S/C12H22N2S/c1-5-7-10-11(8-13-6-2)15-12(14-10)9(3)4/h9,13H,5-8H2,1-4H3. The van der Waals surface area contributed by atoms with Gasteiger partial charge in [-0.3, -0.25) is 0 Å². The lowest BCUT2D eigenvalue weighted by atomic mass is 10.2. The molecule has 15 heavy (non-hydrogen) atoms. The summed E-state index contributed by atoms with van der Waals surface area (Å²) < 4.78 is 0. The number of aryl methyl sites for hydroxylation is 1. The third-order valence-electron chi connectivity index (χ3n) is 2.31. The van der Waals surface area contributed by atoms with Crippen molar-refractivity contribution in [2.75, 3.05) is 6.54 Å². The van der Waals surface area contributed by atoms with E-state index < -0.39 is 0 Å². The molecule has 0 saturated carbocycles. The Morgan fingerprint density at radius 2 is 2.07 bits per heavy atom. The van der Waals surface area contributed by atoms with E-state index in [1.807, 2.05) is 11.3 Å². The summed E-state index contributed by atoms with van der Waals surface area (Å²) in [5.74, 6) is 0.556. The molecule has 0 spiro atoms. The van der Waals surface area contributed by atoms with Gasteiger partial charge >= 0.3 is 0 Å². The maximum atomic E-state index is 4.73. The smallest absolute Gasteiger partial charge is 0.0957 e. The second kappa shape index (κ2) is 6.23. The fourth-order valence-corrected chi connectivity index (χ4v) is 2.54. The first-order chi connectivity index (χ1) is 7.19. The average Bonchev–Trinajstić information content (AvgIpc) is 2.59. The van der Waals surface area contributed by atoms with Crippen LogP contribution in [-0.4, -0.2) is 11.5 Å². The molecule has 1 heterocycles. The summed E-state index contributed by atoms with van der Waals surface area (Å²) in [7, 11) is 0. The molecule has 1 aromatic heterocycles. The molecule has 0 amide bonds. The maximum absolute atomic E-state index is 4.73. The number of hydrogen-bond donors (Lipinski definition) is 1. The van der Waals surface area contributed by atoms with Gasteiger partial charge in [0.1, 0.15) is 0 Å². The second-order valence-corrected chi connectivity index (χ2v) is 5.22. The summed E-state index contributed by atoms with van der Waals surface area (Å²) in [6.45, 7) is 10.8. The lowest BCUT2D eigenvalue weighted by Crippen LogP contribution is -2.11. The highest BCUT2D eigenvalue weighted by molar-refractivity contribution is 7.11. The summed E-state index contributed by atoms with van der Waals surface area (Å²) in [6, 6.07) is 0. The highest BCUT2D eigenvalue weighted by Gasteiger charge is 2.11. The van der Waals surface area contributed by atoms with Gasteiger partial charge in [-0.15, -0.1) is 11.3 Å². The molecule has 0 bridgehead atoms. The van der Waals surface area contributed by atoms with Crippen LogP contribution in [0.2, 0.25) is 0 Å². The molecule has 3 heteroatoms. The van der Waals surface area contributed by atoms with Gasteiger partial charge < -0.3 is 5.32 Å². The Morgan fingerprint density at radius 3 is 2.60 bits per heavy atom. The molecule has 86 valence electrons. The molecule has 1 N–H and O–H groups in total. The van der Waals surface area contributed by atoms with Crippen molar-refractivity contribution in [2.45, 2.75) is 53.0 Å². The number of nitrogens with one attached hydrogen (secondary N) is 1. The van der Waals surface area contributed by atoms with Crippen LogP contribution >= 0.6 is 11.3 Å². The van der Waals surface area contributed by atoms with Crippen LogP contribution in [0, 0.1) is 0 Å². The van der Waals surface area contributed by atoms with E-state index >= 15 is 0 Å². The van der Waals surface area contributed by atoms with Crippen molar-refractivity contribution >= 4 is 11.3 Å². The summed E-state index contributed by atoms with van der Waals surface area (Å²) in [5, 5.41) is 4.67. The van der Waals surface area contributed by atoms with Crippen LogP contribution in [0.3, 0.4) is 0 Å². The van der Waals surface area contributed by atoms with Gasteiger partial charge in [-0.25, -0.2) is 4.98 Å². The first-order valence-electron chi connectivity index (χ1n) is 5.88. The van der Waals surface area contributed by atoms with Crippen LogP contribution in [0.25, 0.3) is 0 Å². The van der Waals surface area contributed by atoms with Gasteiger partial charge in [0, 0.05) is 17.3 Å². The predicted octanol–water partition coefficient (Wildman–Crippen LogP) is 3.33. The monoisotopic (exact) mass is 226 g/mol. The van der Waals surface area contributed by atoms with E-state index in [0.29, 0.717) is 5.92 Å². The third-order valence-corrected chi connectivity index (χ3v) is 3.71. The molecule has 0 atom stereocenters. The predicted molar refractivity (Wildman–Crippen MR) is 67.6 cm³/mol. The SMILES string of the molecule is CCCc1nc(C(C)C)sc1CNCC. The van der Waals surface area contributed by atoms with Crippen LogP contribution in [0.15, 0.2) is 0 Å². The Balaban J connectivity index is 2.79. The zero-order chi connectivity index (χ0) is 11.3. The molecule has 0 aromatic carbocycles. The molecule has 0 aliphatic rings. The molecule has 0 unspecified atom stereocenters. The maximum Gasteiger partial charge on any atom is 0.0957 e. The van der Waals surface area contributed by atoms with Gasteiger partial charge in [0.25, 0.3) is 0 Å². The summed E-state index contributed by atoms with van der Waals surface area (Å²) in [5.41, 5.74) is 1.31. The Hall–Kier alpha value is -0.410. The van der Waals surface area contributed by atoms with Crippen LogP contribution < -0.4 is 5.32 Å². The fourth-order valence-electron chi connectivity index (χ4n) is 1.46. The molecule has 0 aliphatic heterocycles. The van der Waals surface area contributed by atoms with Gasteiger partial charge in [0.15, 0.2) is 0 Å². The summed E-state index contributed by atoms with van der Waals surface area (Å²) >= 11 is 1.87. The van der Waals surface area contributed by atoms with E-state index in [1.54, 1.807) is 0 Å². The third kappa shape index (κ3) is 3.58. The fraction of sp³-hybridized carbons (Fsp3) is 0.750. The van der Waals surface area contributed by atoms with Crippen molar-refractivity contribution in [3.63, 3.8) is 0 Å². The Bertz CT molecular complexity index is 292. The quantitative estimate of drug-likeness (QED) is 0.805. The van der Waals surface area contributed by atoms with Crippen molar-refractivity contribution in [2.24, 2.45) is 0 Å². The van der Waals surface area contributed by atoms with Crippen molar-refractivity contribution in [3.05, 3.63) is 15.6 Å². The molecule has 0 fully saturated rings. The minimum Gasteiger partial charge on any atom is -0.312 e. The molecular weight excluding hydrogens is 204 g/mol. The zero-order valence-electron chi connectivity index (χ0n) is 10.3. The van der Waals surface area contributed by atoms with E-state index in [-0.39, 0.29) is 0 Å². The number of hydrogen-bond acceptors (Lipinski definition) is 3. The van der Waals surface area contributed by atoms with E-state index in [2.05, 4.69) is 33.0 Å². The minimum atomic E-state index is 0.556.